The Bertz CT molecular complexity index is 453. The van der Waals surface area contributed by atoms with Crippen LogP contribution in [0.3, 0.4) is 0 Å². The average molecular weight is 199 g/mol. The van der Waals surface area contributed by atoms with Crippen LogP contribution in [0.1, 0.15) is 17.1 Å². The maximum atomic E-state index is 8.87. The maximum Gasteiger partial charge on any atom is 0.278 e. The topological polar surface area (TPSA) is 58.8 Å². The lowest BCUT2D eigenvalue weighted by Crippen LogP contribution is -2.10. The van der Waals surface area contributed by atoms with E-state index in [1.807, 2.05) is 0 Å². The Morgan fingerprint density at radius 1 is 1.53 bits per heavy atom. The first-order valence-electron chi connectivity index (χ1n) is 4.74. The Labute approximate surface area is 88.7 Å². The van der Waals surface area contributed by atoms with Gasteiger partial charge in [0.1, 0.15) is 0 Å². The molecule has 1 aromatic rings. The third kappa shape index (κ3) is 1.59. The first-order valence-corrected chi connectivity index (χ1v) is 4.74. The molecule has 0 aromatic carbocycles. The zero-order chi connectivity index (χ0) is 10.8. The molecular formula is C10H10BN3O. The van der Waals surface area contributed by atoms with E-state index in [1.54, 1.807) is 13.2 Å². The molecule has 0 bridgehead atoms. The number of ether oxygens (including phenoxy) is 1. The molecule has 0 N–H and O–H groups in total. The molecule has 0 saturated heterocycles. The summed E-state index contributed by atoms with van der Waals surface area (Å²) in [5, 5.41) is 8.87. The van der Waals surface area contributed by atoms with Gasteiger partial charge in [-0.25, -0.2) is 10.2 Å². The van der Waals surface area contributed by atoms with Crippen molar-refractivity contribution >= 4 is 12.8 Å². The van der Waals surface area contributed by atoms with E-state index in [2.05, 4.69) is 22.5 Å². The predicted molar refractivity (Wildman–Crippen MR) is 57.5 cm³/mol. The summed E-state index contributed by atoms with van der Waals surface area (Å²) in [6, 6.07) is 0. The second-order valence-corrected chi connectivity index (χ2v) is 3.45. The third-order valence-electron chi connectivity index (χ3n) is 2.52. The highest BCUT2D eigenvalue weighted by atomic mass is 16.5. The quantitative estimate of drug-likeness (QED) is 0.662. The molecule has 0 aliphatic carbocycles. The minimum Gasteiger partial charge on any atom is -0.481 e. The van der Waals surface area contributed by atoms with Crippen LogP contribution in [0.4, 0.5) is 0 Å². The minimum atomic E-state index is 0.00302. The fraction of sp³-hybridized carbons (Fsp3) is 0.300. The Kier molecular flexibility index (Phi) is 2.42. The van der Waals surface area contributed by atoms with Gasteiger partial charge in [0.05, 0.1) is 7.11 Å². The summed E-state index contributed by atoms with van der Waals surface area (Å²) in [6.45, 7) is 3.63. The highest BCUT2D eigenvalue weighted by Crippen LogP contribution is 2.27. The van der Waals surface area contributed by atoms with Gasteiger partial charge in [-0.05, 0) is 18.7 Å². The standard InChI is InChI=1S/C10H10BN3O/c1-3-9-13-8-5-11(6-12)4-7(8)10(14-9)15-2/h3H,1,4-5H2,2H3. The molecule has 4 nitrogen and oxygen atoms in total. The van der Waals surface area contributed by atoms with Crippen LogP contribution < -0.4 is 4.74 Å². The van der Waals surface area contributed by atoms with E-state index < -0.39 is 0 Å². The van der Waals surface area contributed by atoms with Crippen LogP contribution in [0.2, 0.25) is 0 Å². The van der Waals surface area contributed by atoms with E-state index in [-0.39, 0.29) is 6.71 Å². The average Bonchev–Trinajstić information content (AvgIpc) is 2.70. The van der Waals surface area contributed by atoms with Crippen molar-refractivity contribution in [1.82, 2.24) is 9.97 Å². The molecule has 0 spiro atoms. The van der Waals surface area contributed by atoms with E-state index in [0.29, 0.717) is 24.3 Å². The Balaban J connectivity index is 2.48. The summed E-state index contributed by atoms with van der Waals surface area (Å²) in [4.78, 5) is 8.51. The van der Waals surface area contributed by atoms with Gasteiger partial charge in [0.25, 0.3) is 6.71 Å². The van der Waals surface area contributed by atoms with Gasteiger partial charge < -0.3 is 4.74 Å². The van der Waals surface area contributed by atoms with Crippen LogP contribution >= 0.6 is 0 Å². The van der Waals surface area contributed by atoms with Gasteiger partial charge in [-0.15, -0.1) is 0 Å². The SMILES string of the molecule is C=Cc1nc2c(c(OC)n1)CB(C#N)C2. The zero-order valence-electron chi connectivity index (χ0n) is 8.53. The van der Waals surface area contributed by atoms with Gasteiger partial charge in [0.2, 0.25) is 5.88 Å². The van der Waals surface area contributed by atoms with Crippen LogP contribution in [0.15, 0.2) is 6.58 Å². The minimum absolute atomic E-state index is 0.00302. The number of methoxy groups -OCH3 is 1. The molecule has 2 rings (SSSR count). The third-order valence-corrected chi connectivity index (χ3v) is 2.52. The van der Waals surface area contributed by atoms with E-state index in [0.717, 1.165) is 11.3 Å². The van der Waals surface area contributed by atoms with Gasteiger partial charge in [-0.1, -0.05) is 6.58 Å². The molecule has 0 unspecified atom stereocenters. The molecule has 1 aromatic heterocycles. The lowest BCUT2D eigenvalue weighted by Gasteiger charge is -2.06. The maximum absolute atomic E-state index is 8.87. The summed E-state index contributed by atoms with van der Waals surface area (Å²) >= 11 is 0. The van der Waals surface area contributed by atoms with Gasteiger partial charge in [0.15, 0.2) is 5.82 Å². The van der Waals surface area contributed by atoms with Crippen molar-refractivity contribution in [1.29, 1.82) is 5.26 Å². The lowest BCUT2D eigenvalue weighted by atomic mass is 9.49. The number of aromatic nitrogens is 2. The summed E-state index contributed by atoms with van der Waals surface area (Å²) in [5.74, 6) is 3.39. The van der Waals surface area contributed by atoms with Crippen molar-refractivity contribution in [3.8, 4) is 11.8 Å². The highest BCUT2D eigenvalue weighted by molar-refractivity contribution is 6.66. The van der Waals surface area contributed by atoms with Crippen LogP contribution in [0, 0.1) is 11.2 Å². The molecule has 2 heterocycles. The number of hydrogen-bond acceptors (Lipinski definition) is 4. The predicted octanol–water partition coefficient (Wildman–Crippen LogP) is 0.863. The van der Waals surface area contributed by atoms with E-state index in [1.165, 1.54) is 0 Å². The second-order valence-electron chi connectivity index (χ2n) is 3.45. The van der Waals surface area contributed by atoms with Gasteiger partial charge in [0, 0.05) is 17.2 Å². The van der Waals surface area contributed by atoms with Crippen molar-refractivity contribution in [2.75, 3.05) is 7.11 Å². The number of rotatable bonds is 2. The molecule has 1 aliphatic heterocycles. The summed E-state index contributed by atoms with van der Waals surface area (Å²) in [5.41, 5.74) is 1.89. The summed E-state index contributed by atoms with van der Waals surface area (Å²) < 4.78 is 5.18. The Morgan fingerprint density at radius 2 is 2.33 bits per heavy atom. The van der Waals surface area contributed by atoms with Gasteiger partial charge in [-0.2, -0.15) is 4.98 Å². The van der Waals surface area contributed by atoms with Crippen LogP contribution in [-0.4, -0.2) is 23.8 Å². The molecule has 74 valence electrons. The Hall–Kier alpha value is -1.83. The number of fused-ring (bicyclic) bond motifs is 1. The van der Waals surface area contributed by atoms with E-state index in [4.69, 9.17) is 10.00 Å². The van der Waals surface area contributed by atoms with Crippen molar-refractivity contribution in [2.45, 2.75) is 12.6 Å². The fourth-order valence-corrected chi connectivity index (χ4v) is 1.80. The molecular weight excluding hydrogens is 189 g/mol. The van der Waals surface area contributed by atoms with E-state index in [9.17, 15) is 0 Å². The molecule has 0 fully saturated rings. The van der Waals surface area contributed by atoms with Crippen molar-refractivity contribution in [3.05, 3.63) is 23.7 Å². The molecule has 0 radical (unpaired) electrons. The lowest BCUT2D eigenvalue weighted by molar-refractivity contribution is 0.392. The first-order chi connectivity index (χ1) is 7.28. The number of nitriles is 1. The molecule has 5 heteroatoms. The summed E-state index contributed by atoms with van der Waals surface area (Å²) in [7, 11) is 1.58. The fourth-order valence-electron chi connectivity index (χ4n) is 1.80. The highest BCUT2D eigenvalue weighted by Gasteiger charge is 2.30. The number of hydrogen-bond donors (Lipinski definition) is 0. The molecule has 0 amide bonds. The van der Waals surface area contributed by atoms with Gasteiger partial charge in [-0.3, -0.25) is 0 Å². The number of nitrogens with zero attached hydrogens (tertiary/aromatic N) is 3. The van der Waals surface area contributed by atoms with Crippen molar-refractivity contribution in [3.63, 3.8) is 0 Å². The smallest absolute Gasteiger partial charge is 0.278 e. The largest absolute Gasteiger partial charge is 0.481 e. The molecule has 1 aliphatic rings. The molecule has 0 saturated carbocycles. The normalized spacial score (nSPS) is 13.2. The van der Waals surface area contributed by atoms with Crippen LogP contribution in [-0.2, 0) is 12.6 Å². The van der Waals surface area contributed by atoms with Crippen molar-refractivity contribution in [2.24, 2.45) is 0 Å². The molecule has 0 atom stereocenters. The Morgan fingerprint density at radius 3 is 2.93 bits per heavy atom. The van der Waals surface area contributed by atoms with Crippen LogP contribution in [0.5, 0.6) is 5.88 Å². The summed E-state index contributed by atoms with van der Waals surface area (Å²) in [6.07, 6.45) is 2.96. The van der Waals surface area contributed by atoms with E-state index >= 15 is 0 Å². The monoisotopic (exact) mass is 199 g/mol. The van der Waals surface area contributed by atoms with Crippen molar-refractivity contribution < 1.29 is 4.74 Å². The zero-order valence-corrected chi connectivity index (χ0v) is 8.53. The van der Waals surface area contributed by atoms with Gasteiger partial charge >= 0.3 is 0 Å². The second kappa shape index (κ2) is 3.74. The molecule has 15 heavy (non-hydrogen) atoms. The first kappa shape index (κ1) is 9.72. The van der Waals surface area contributed by atoms with Crippen LogP contribution in [0.25, 0.3) is 6.08 Å².